The summed E-state index contributed by atoms with van der Waals surface area (Å²) < 4.78 is 6.96. The predicted octanol–water partition coefficient (Wildman–Crippen LogP) is 2.65. The molecule has 1 saturated heterocycles. The standard InChI is InChI=1S/C26H28N6O3/c1-2-8-28-25(33)20-6-7-23-22(14-20)32(26(34)35-23)17-18-4-3-5-19(13-18)24-29-15-21(16-30-24)31-11-9-27-10-12-31/h3-7,13-16,27H,2,8-12,17H2,1H3,(H,28,33). The lowest BCUT2D eigenvalue weighted by atomic mass is 10.1. The maximum Gasteiger partial charge on any atom is 0.420 e. The van der Waals surface area contributed by atoms with E-state index in [1.165, 1.54) is 0 Å². The first-order valence-corrected chi connectivity index (χ1v) is 11.9. The van der Waals surface area contributed by atoms with Crippen LogP contribution in [-0.4, -0.2) is 53.2 Å². The Morgan fingerprint density at radius 1 is 1.11 bits per heavy atom. The first-order chi connectivity index (χ1) is 17.1. The molecule has 5 rings (SSSR count). The van der Waals surface area contributed by atoms with Gasteiger partial charge in [0.25, 0.3) is 5.91 Å². The quantitative estimate of drug-likeness (QED) is 0.426. The lowest BCUT2D eigenvalue weighted by Gasteiger charge is -2.28. The van der Waals surface area contributed by atoms with Crippen molar-refractivity contribution in [1.29, 1.82) is 0 Å². The Hall–Kier alpha value is -3.98. The van der Waals surface area contributed by atoms with Gasteiger partial charge in [-0.05, 0) is 36.2 Å². The maximum atomic E-state index is 12.6. The number of anilines is 1. The largest absolute Gasteiger partial charge is 0.420 e. The average Bonchev–Trinajstić information content (AvgIpc) is 3.22. The second-order valence-electron chi connectivity index (χ2n) is 8.59. The van der Waals surface area contributed by atoms with E-state index in [0.717, 1.165) is 49.4 Å². The predicted molar refractivity (Wildman–Crippen MR) is 135 cm³/mol. The van der Waals surface area contributed by atoms with Crippen LogP contribution in [0, 0.1) is 0 Å². The van der Waals surface area contributed by atoms with Gasteiger partial charge in [-0.1, -0.05) is 25.1 Å². The summed E-state index contributed by atoms with van der Waals surface area (Å²) in [4.78, 5) is 36.4. The van der Waals surface area contributed by atoms with E-state index in [4.69, 9.17) is 4.42 Å². The van der Waals surface area contributed by atoms with Gasteiger partial charge in [0.05, 0.1) is 30.1 Å². The SMILES string of the molecule is CCCNC(=O)c1ccc2oc(=O)n(Cc3cccc(-c4ncc(N5CCNCC5)cn4)c3)c2c1. The van der Waals surface area contributed by atoms with Gasteiger partial charge in [0, 0.05) is 43.9 Å². The van der Waals surface area contributed by atoms with Gasteiger partial charge in [0.15, 0.2) is 11.4 Å². The molecule has 9 nitrogen and oxygen atoms in total. The number of fused-ring (bicyclic) bond motifs is 1. The number of aromatic nitrogens is 3. The Bertz CT molecular complexity index is 1390. The smallest absolute Gasteiger partial charge is 0.408 e. The number of hydrogen-bond donors (Lipinski definition) is 2. The highest BCUT2D eigenvalue weighted by Crippen LogP contribution is 2.21. The zero-order valence-electron chi connectivity index (χ0n) is 19.7. The van der Waals surface area contributed by atoms with Gasteiger partial charge in [-0.3, -0.25) is 9.36 Å². The highest BCUT2D eigenvalue weighted by molar-refractivity contribution is 5.97. The zero-order valence-corrected chi connectivity index (χ0v) is 19.7. The Kier molecular flexibility index (Phi) is 6.58. The number of rotatable bonds is 7. The van der Waals surface area contributed by atoms with Crippen LogP contribution >= 0.6 is 0 Å². The summed E-state index contributed by atoms with van der Waals surface area (Å²) in [5.41, 5.74) is 4.32. The van der Waals surface area contributed by atoms with Gasteiger partial charge in [0.1, 0.15) is 0 Å². The van der Waals surface area contributed by atoms with E-state index in [1.807, 2.05) is 43.6 Å². The topological polar surface area (TPSA) is 105 Å². The fourth-order valence-corrected chi connectivity index (χ4v) is 4.24. The summed E-state index contributed by atoms with van der Waals surface area (Å²) >= 11 is 0. The van der Waals surface area contributed by atoms with Crippen molar-refractivity contribution < 1.29 is 9.21 Å². The van der Waals surface area contributed by atoms with Crippen molar-refractivity contribution >= 4 is 22.7 Å². The number of nitrogens with zero attached hydrogens (tertiary/aromatic N) is 4. The molecule has 3 heterocycles. The van der Waals surface area contributed by atoms with Crippen LogP contribution in [-0.2, 0) is 6.54 Å². The fraction of sp³-hybridized carbons (Fsp3) is 0.308. The number of benzene rings is 2. The Balaban J connectivity index is 1.39. The summed E-state index contributed by atoms with van der Waals surface area (Å²) in [6.07, 6.45) is 4.57. The van der Waals surface area contributed by atoms with Crippen LogP contribution in [0.25, 0.3) is 22.5 Å². The van der Waals surface area contributed by atoms with Crippen LogP contribution in [0.5, 0.6) is 0 Å². The summed E-state index contributed by atoms with van der Waals surface area (Å²) in [6, 6.07) is 12.8. The van der Waals surface area contributed by atoms with Crippen molar-refractivity contribution in [3.8, 4) is 11.4 Å². The number of hydrogen-bond acceptors (Lipinski definition) is 7. The van der Waals surface area contributed by atoms with Crippen LogP contribution in [0.15, 0.2) is 64.1 Å². The molecular formula is C26H28N6O3. The molecule has 1 amide bonds. The van der Waals surface area contributed by atoms with Crippen LogP contribution in [0.2, 0.25) is 0 Å². The van der Waals surface area contributed by atoms with E-state index >= 15 is 0 Å². The molecule has 0 bridgehead atoms. The molecule has 0 unspecified atom stereocenters. The lowest BCUT2D eigenvalue weighted by Crippen LogP contribution is -2.43. The monoisotopic (exact) mass is 472 g/mol. The third kappa shape index (κ3) is 4.95. The molecule has 1 fully saturated rings. The molecule has 35 heavy (non-hydrogen) atoms. The molecule has 0 spiro atoms. The molecule has 2 aromatic carbocycles. The molecule has 9 heteroatoms. The van der Waals surface area contributed by atoms with Crippen molar-refractivity contribution in [2.45, 2.75) is 19.9 Å². The highest BCUT2D eigenvalue weighted by atomic mass is 16.4. The third-order valence-corrected chi connectivity index (χ3v) is 6.11. The minimum Gasteiger partial charge on any atom is -0.408 e. The van der Waals surface area contributed by atoms with Gasteiger partial charge >= 0.3 is 5.76 Å². The van der Waals surface area contributed by atoms with E-state index in [1.54, 1.807) is 22.8 Å². The summed E-state index contributed by atoms with van der Waals surface area (Å²) in [5, 5.41) is 6.21. The summed E-state index contributed by atoms with van der Waals surface area (Å²) in [5.74, 6) is -0.00415. The van der Waals surface area contributed by atoms with Crippen LogP contribution in [0.4, 0.5) is 5.69 Å². The number of amides is 1. The third-order valence-electron chi connectivity index (χ3n) is 6.11. The molecule has 0 saturated carbocycles. The van der Waals surface area contributed by atoms with Crippen LogP contribution < -0.4 is 21.3 Å². The molecule has 0 atom stereocenters. The van der Waals surface area contributed by atoms with E-state index < -0.39 is 5.76 Å². The highest BCUT2D eigenvalue weighted by Gasteiger charge is 2.15. The van der Waals surface area contributed by atoms with Crippen molar-refractivity contribution in [2.24, 2.45) is 0 Å². The number of carbonyl (C=O) groups is 1. The second-order valence-corrected chi connectivity index (χ2v) is 8.59. The Labute approximate surface area is 202 Å². The van der Waals surface area contributed by atoms with Crippen LogP contribution in [0.1, 0.15) is 29.3 Å². The maximum absolute atomic E-state index is 12.6. The van der Waals surface area contributed by atoms with Gasteiger partial charge < -0.3 is 20.0 Å². The van der Waals surface area contributed by atoms with Gasteiger partial charge in [-0.2, -0.15) is 0 Å². The zero-order chi connectivity index (χ0) is 24.2. The number of piperazine rings is 1. The molecule has 4 aromatic rings. The van der Waals surface area contributed by atoms with Crippen LogP contribution in [0.3, 0.4) is 0 Å². The van der Waals surface area contributed by atoms with Gasteiger partial charge in [-0.15, -0.1) is 0 Å². The molecule has 2 N–H and O–H groups in total. The Morgan fingerprint density at radius 3 is 2.69 bits per heavy atom. The van der Waals surface area contributed by atoms with Crippen molar-refractivity contribution in [3.63, 3.8) is 0 Å². The Morgan fingerprint density at radius 2 is 1.91 bits per heavy atom. The molecule has 0 aliphatic carbocycles. The van der Waals surface area contributed by atoms with Crippen molar-refractivity contribution in [3.05, 3.63) is 76.5 Å². The normalized spacial score (nSPS) is 13.8. The summed E-state index contributed by atoms with van der Waals surface area (Å²) in [7, 11) is 0. The summed E-state index contributed by atoms with van der Waals surface area (Å²) in [6.45, 7) is 6.69. The van der Waals surface area contributed by atoms with Crippen molar-refractivity contribution in [2.75, 3.05) is 37.6 Å². The van der Waals surface area contributed by atoms with E-state index in [2.05, 4.69) is 25.5 Å². The average molecular weight is 473 g/mol. The molecule has 1 aliphatic rings. The number of nitrogens with one attached hydrogen (secondary N) is 2. The molecule has 1 aliphatic heterocycles. The lowest BCUT2D eigenvalue weighted by molar-refractivity contribution is 0.0954. The minimum atomic E-state index is -0.465. The number of oxazole rings is 1. The minimum absolute atomic E-state index is 0.169. The van der Waals surface area contributed by atoms with E-state index in [9.17, 15) is 9.59 Å². The first kappa shape index (κ1) is 22.8. The van der Waals surface area contributed by atoms with E-state index in [0.29, 0.717) is 35.6 Å². The first-order valence-electron chi connectivity index (χ1n) is 11.9. The van der Waals surface area contributed by atoms with E-state index in [-0.39, 0.29) is 5.91 Å². The molecule has 2 aromatic heterocycles. The van der Waals surface area contributed by atoms with Crippen molar-refractivity contribution in [1.82, 2.24) is 25.2 Å². The molecule has 180 valence electrons. The van der Waals surface area contributed by atoms with Gasteiger partial charge in [0.2, 0.25) is 0 Å². The number of carbonyl (C=O) groups excluding carboxylic acids is 1. The van der Waals surface area contributed by atoms with Gasteiger partial charge in [-0.25, -0.2) is 14.8 Å². The molecular weight excluding hydrogens is 444 g/mol. The molecule has 0 radical (unpaired) electrons. The fourth-order valence-electron chi connectivity index (χ4n) is 4.24. The second kappa shape index (κ2) is 10.1.